The van der Waals surface area contributed by atoms with Gasteiger partial charge < -0.3 is 20.5 Å². The van der Waals surface area contributed by atoms with Crippen molar-refractivity contribution in [2.24, 2.45) is 11.8 Å². The number of fused-ring (bicyclic) bond motifs is 3. The van der Waals surface area contributed by atoms with Gasteiger partial charge in [-0.05, 0) is 54.4 Å². The van der Waals surface area contributed by atoms with Gasteiger partial charge in [0.25, 0.3) is 0 Å². The van der Waals surface area contributed by atoms with Gasteiger partial charge in [0.1, 0.15) is 12.1 Å². The zero-order valence-corrected chi connectivity index (χ0v) is 20.4. The van der Waals surface area contributed by atoms with Crippen LogP contribution in [0.25, 0.3) is 11.1 Å². The van der Waals surface area contributed by atoms with E-state index in [0.29, 0.717) is 25.8 Å². The van der Waals surface area contributed by atoms with Gasteiger partial charge in [0.15, 0.2) is 0 Å². The number of hydrogen-bond acceptors (Lipinski definition) is 4. The Labute approximate surface area is 206 Å². The van der Waals surface area contributed by atoms with Gasteiger partial charge in [-0.3, -0.25) is 9.59 Å². The fraction of sp³-hybridized carbons (Fsp3) is 0.464. The normalized spacial score (nSPS) is 20.4. The van der Waals surface area contributed by atoms with E-state index in [-0.39, 0.29) is 24.3 Å². The van der Waals surface area contributed by atoms with Crippen LogP contribution in [0.5, 0.6) is 0 Å². The summed E-state index contributed by atoms with van der Waals surface area (Å²) in [7, 11) is 0. The predicted octanol–water partition coefficient (Wildman–Crippen LogP) is 4.70. The van der Waals surface area contributed by atoms with E-state index in [9.17, 15) is 19.5 Å². The zero-order valence-electron chi connectivity index (χ0n) is 20.4. The van der Waals surface area contributed by atoms with Gasteiger partial charge in [-0.15, -0.1) is 0 Å². The molecule has 2 aromatic carbocycles. The molecule has 0 spiro atoms. The highest BCUT2D eigenvalue weighted by atomic mass is 16.5. The molecule has 0 aromatic heterocycles. The standard InChI is InChI=1S/C28H34N2O5/c1-3-15-28(2,26(33)29-16-18-9-8-14-19(18)25(31)32)30-27(34)35-17-24-22-12-6-4-10-20(22)21-11-5-7-13-23(21)24/h4-7,10-13,18-19,24H,3,8-9,14-17H2,1-2H3,(H,29,33)(H,30,34)(H,31,32)/t18-,19-,28?/m1/s1. The Morgan fingerprint density at radius 1 is 1.03 bits per heavy atom. The number of carbonyl (C=O) groups excluding carboxylic acids is 2. The van der Waals surface area contributed by atoms with Gasteiger partial charge in [-0.25, -0.2) is 4.79 Å². The molecule has 1 unspecified atom stereocenters. The smallest absolute Gasteiger partial charge is 0.408 e. The summed E-state index contributed by atoms with van der Waals surface area (Å²) < 4.78 is 5.65. The first-order chi connectivity index (χ1) is 16.8. The lowest BCUT2D eigenvalue weighted by molar-refractivity contribution is -0.143. The number of alkyl carbamates (subject to hydrolysis) is 1. The molecular formula is C28H34N2O5. The molecule has 7 nitrogen and oxygen atoms in total. The average molecular weight is 479 g/mol. The van der Waals surface area contributed by atoms with Crippen molar-refractivity contribution in [2.75, 3.05) is 13.2 Å². The minimum Gasteiger partial charge on any atom is -0.481 e. The molecule has 3 N–H and O–H groups in total. The molecule has 2 aliphatic carbocycles. The number of carboxylic acid groups (broad SMARTS) is 1. The first-order valence-corrected chi connectivity index (χ1v) is 12.5. The van der Waals surface area contributed by atoms with Crippen LogP contribution in [0.15, 0.2) is 48.5 Å². The van der Waals surface area contributed by atoms with Crippen molar-refractivity contribution in [1.29, 1.82) is 0 Å². The number of nitrogens with one attached hydrogen (secondary N) is 2. The van der Waals surface area contributed by atoms with E-state index >= 15 is 0 Å². The molecular weight excluding hydrogens is 444 g/mol. The molecule has 1 saturated carbocycles. The van der Waals surface area contributed by atoms with Crippen LogP contribution in [0.1, 0.15) is 63.0 Å². The first-order valence-electron chi connectivity index (χ1n) is 12.5. The summed E-state index contributed by atoms with van der Waals surface area (Å²) >= 11 is 0. The zero-order chi connectivity index (χ0) is 25.0. The molecule has 1 fully saturated rings. The van der Waals surface area contributed by atoms with E-state index in [1.807, 2.05) is 31.2 Å². The molecule has 7 heteroatoms. The largest absolute Gasteiger partial charge is 0.481 e. The number of carbonyl (C=O) groups is 3. The third-order valence-corrected chi connectivity index (χ3v) is 7.47. The van der Waals surface area contributed by atoms with Crippen molar-refractivity contribution in [3.63, 3.8) is 0 Å². The van der Waals surface area contributed by atoms with E-state index in [1.54, 1.807) is 6.92 Å². The van der Waals surface area contributed by atoms with E-state index in [4.69, 9.17) is 4.74 Å². The lowest BCUT2D eigenvalue weighted by Crippen LogP contribution is -2.57. The Morgan fingerprint density at radius 2 is 1.66 bits per heavy atom. The van der Waals surface area contributed by atoms with Gasteiger partial charge in [0.05, 0.1) is 5.92 Å². The molecule has 0 radical (unpaired) electrons. The molecule has 186 valence electrons. The van der Waals surface area contributed by atoms with Crippen molar-refractivity contribution in [3.8, 4) is 11.1 Å². The molecule has 2 aromatic rings. The molecule has 0 bridgehead atoms. The summed E-state index contributed by atoms with van der Waals surface area (Å²) in [6.07, 6.45) is 2.76. The second-order valence-electron chi connectivity index (χ2n) is 9.88. The molecule has 0 saturated heterocycles. The number of hydrogen-bond donors (Lipinski definition) is 3. The van der Waals surface area contributed by atoms with E-state index < -0.39 is 23.5 Å². The van der Waals surface area contributed by atoms with Crippen molar-refractivity contribution >= 4 is 18.0 Å². The number of aliphatic carboxylic acids is 1. The summed E-state index contributed by atoms with van der Waals surface area (Å²) in [5.74, 6) is -1.70. The molecule has 2 aliphatic rings. The molecule has 4 rings (SSSR count). The van der Waals surface area contributed by atoms with E-state index in [1.165, 1.54) is 0 Å². The number of carboxylic acids is 1. The minimum atomic E-state index is -1.14. The van der Waals surface area contributed by atoms with E-state index in [2.05, 4.69) is 34.9 Å². The first kappa shape index (κ1) is 24.8. The van der Waals surface area contributed by atoms with Gasteiger partial charge in [0, 0.05) is 12.5 Å². The van der Waals surface area contributed by atoms with Crippen LogP contribution >= 0.6 is 0 Å². The van der Waals surface area contributed by atoms with Gasteiger partial charge in [-0.2, -0.15) is 0 Å². The number of ether oxygens (including phenoxy) is 1. The van der Waals surface area contributed by atoms with Crippen molar-refractivity contribution in [1.82, 2.24) is 10.6 Å². The predicted molar refractivity (Wildman–Crippen MR) is 133 cm³/mol. The number of rotatable bonds is 9. The Hall–Kier alpha value is -3.35. The Bertz CT molecular complexity index is 1050. The maximum absolute atomic E-state index is 13.1. The quantitative estimate of drug-likeness (QED) is 0.485. The Morgan fingerprint density at radius 3 is 2.26 bits per heavy atom. The topological polar surface area (TPSA) is 105 Å². The monoisotopic (exact) mass is 478 g/mol. The Kier molecular flexibility index (Phi) is 7.43. The average Bonchev–Trinajstić information content (AvgIpc) is 3.44. The molecule has 35 heavy (non-hydrogen) atoms. The van der Waals surface area contributed by atoms with Crippen LogP contribution in [0.2, 0.25) is 0 Å². The number of benzene rings is 2. The van der Waals surface area contributed by atoms with Crippen molar-refractivity contribution in [3.05, 3.63) is 59.7 Å². The lowest BCUT2D eigenvalue weighted by Gasteiger charge is -2.30. The van der Waals surface area contributed by atoms with Crippen LogP contribution in [-0.2, 0) is 14.3 Å². The van der Waals surface area contributed by atoms with Crippen LogP contribution in [0.3, 0.4) is 0 Å². The third-order valence-electron chi connectivity index (χ3n) is 7.47. The fourth-order valence-electron chi connectivity index (χ4n) is 5.62. The van der Waals surface area contributed by atoms with Crippen LogP contribution in [0, 0.1) is 11.8 Å². The fourth-order valence-corrected chi connectivity index (χ4v) is 5.62. The molecule has 0 aliphatic heterocycles. The van der Waals surface area contributed by atoms with Gasteiger partial charge in [0.2, 0.25) is 5.91 Å². The maximum Gasteiger partial charge on any atom is 0.408 e. The summed E-state index contributed by atoms with van der Waals surface area (Å²) in [5.41, 5.74) is 3.41. The SMILES string of the molecule is CCCC(C)(NC(=O)OCC1c2ccccc2-c2ccccc21)C(=O)NC[C@H]1CCC[C@H]1C(=O)O. The highest BCUT2D eigenvalue weighted by Gasteiger charge is 2.38. The second kappa shape index (κ2) is 10.5. The highest BCUT2D eigenvalue weighted by Crippen LogP contribution is 2.44. The Balaban J connectivity index is 1.38. The summed E-state index contributed by atoms with van der Waals surface area (Å²) in [6.45, 7) is 4.10. The molecule has 0 heterocycles. The van der Waals surface area contributed by atoms with E-state index in [0.717, 1.165) is 35.1 Å². The maximum atomic E-state index is 13.1. The second-order valence-corrected chi connectivity index (χ2v) is 9.88. The van der Waals surface area contributed by atoms with Crippen LogP contribution in [-0.4, -0.2) is 41.8 Å². The van der Waals surface area contributed by atoms with Crippen LogP contribution < -0.4 is 10.6 Å². The summed E-state index contributed by atoms with van der Waals surface area (Å²) in [4.78, 5) is 37.4. The van der Waals surface area contributed by atoms with Gasteiger partial charge >= 0.3 is 12.1 Å². The highest BCUT2D eigenvalue weighted by molar-refractivity contribution is 5.89. The summed E-state index contributed by atoms with van der Waals surface area (Å²) in [6, 6.07) is 16.3. The molecule has 2 amide bonds. The molecule has 3 atom stereocenters. The number of amides is 2. The van der Waals surface area contributed by atoms with Crippen LogP contribution in [0.4, 0.5) is 4.79 Å². The van der Waals surface area contributed by atoms with Crippen molar-refractivity contribution in [2.45, 2.75) is 57.4 Å². The van der Waals surface area contributed by atoms with Crippen molar-refractivity contribution < 1.29 is 24.2 Å². The minimum absolute atomic E-state index is 0.0604. The summed E-state index contributed by atoms with van der Waals surface area (Å²) in [5, 5.41) is 15.1. The van der Waals surface area contributed by atoms with Gasteiger partial charge in [-0.1, -0.05) is 68.3 Å². The third kappa shape index (κ3) is 5.19. The lowest BCUT2D eigenvalue weighted by atomic mass is 9.93.